The second-order valence-electron chi connectivity index (χ2n) is 10.5. The number of hydrogen-bond acceptors (Lipinski definition) is 6. The van der Waals surface area contributed by atoms with Gasteiger partial charge in [0.05, 0.1) is 47.9 Å². The van der Waals surface area contributed by atoms with E-state index in [4.69, 9.17) is 14.8 Å². The number of ether oxygens (including phenoxy) is 1. The average molecular weight is 527 g/mol. The Labute approximate surface area is 219 Å². The highest BCUT2D eigenvalue weighted by Gasteiger charge is 2.37. The van der Waals surface area contributed by atoms with Gasteiger partial charge in [-0.05, 0) is 61.9 Å². The number of amides is 1. The van der Waals surface area contributed by atoms with Crippen LogP contribution in [0.15, 0.2) is 36.7 Å². The molecule has 3 atom stereocenters. The van der Waals surface area contributed by atoms with Crippen molar-refractivity contribution in [2.75, 3.05) is 31.6 Å². The van der Waals surface area contributed by atoms with Crippen LogP contribution >= 0.6 is 0 Å². The molecule has 1 aromatic carbocycles. The van der Waals surface area contributed by atoms with E-state index in [-0.39, 0.29) is 24.9 Å². The van der Waals surface area contributed by atoms with Crippen LogP contribution in [0.25, 0.3) is 10.9 Å². The smallest absolute Gasteiger partial charge is 0.407 e. The van der Waals surface area contributed by atoms with Crippen molar-refractivity contribution in [3.05, 3.63) is 53.5 Å². The molecule has 0 radical (unpaired) electrons. The highest BCUT2D eigenvalue weighted by atomic mass is 19.3. The number of hydrogen-bond donors (Lipinski definition) is 2. The standard InChI is InChI=1S/C27H32F2N6O3/c1-16-10-20-19(6-8-23-21(20)12-31-35(23)25-4-2-3-9-38-25)26(34(16)15-24(28)29)22-7-5-17(11-30-22)32-18-13-33(14-18)27(36)37/h5-8,11-12,16,18,24-26,32H,2-4,9-10,13-15H2,1H3,(H,36,37)/t16-,25?,26+/m1/s1. The van der Waals surface area contributed by atoms with E-state index >= 15 is 0 Å². The number of carboxylic acid groups (broad SMARTS) is 1. The first kappa shape index (κ1) is 25.0. The van der Waals surface area contributed by atoms with E-state index in [1.54, 1.807) is 6.20 Å². The number of fused-ring (bicyclic) bond motifs is 3. The molecular weight excluding hydrogens is 494 g/mol. The third-order valence-electron chi connectivity index (χ3n) is 7.99. The summed E-state index contributed by atoms with van der Waals surface area (Å²) in [6.07, 6.45) is 3.86. The van der Waals surface area contributed by atoms with Crippen LogP contribution in [0.1, 0.15) is 55.3 Å². The molecule has 0 saturated carbocycles. The lowest BCUT2D eigenvalue weighted by atomic mass is 9.85. The highest BCUT2D eigenvalue weighted by Crippen LogP contribution is 2.41. The predicted molar refractivity (Wildman–Crippen MR) is 138 cm³/mol. The van der Waals surface area contributed by atoms with E-state index in [1.165, 1.54) is 4.90 Å². The molecule has 2 aromatic heterocycles. The van der Waals surface area contributed by atoms with E-state index in [0.717, 1.165) is 53.6 Å². The number of likely N-dealkylation sites (tertiary alicyclic amines) is 1. The van der Waals surface area contributed by atoms with Crippen molar-refractivity contribution in [2.45, 2.75) is 63.4 Å². The minimum atomic E-state index is -2.46. The van der Waals surface area contributed by atoms with Crippen molar-refractivity contribution in [3.63, 3.8) is 0 Å². The molecule has 2 fully saturated rings. The molecule has 3 aliphatic heterocycles. The second-order valence-corrected chi connectivity index (χ2v) is 10.5. The normalized spacial score (nSPS) is 24.4. The van der Waals surface area contributed by atoms with Gasteiger partial charge in [0.1, 0.15) is 0 Å². The number of alkyl halides is 2. The maximum Gasteiger partial charge on any atom is 0.407 e. The fraction of sp³-hybridized carbons (Fsp3) is 0.519. The van der Waals surface area contributed by atoms with Crippen molar-refractivity contribution in [3.8, 4) is 0 Å². The number of aromatic nitrogens is 3. The molecule has 0 bridgehead atoms. The van der Waals surface area contributed by atoms with Crippen molar-refractivity contribution in [1.82, 2.24) is 24.6 Å². The lowest BCUT2D eigenvalue weighted by Crippen LogP contribution is -2.56. The van der Waals surface area contributed by atoms with Crippen LogP contribution in [0.2, 0.25) is 0 Å². The largest absolute Gasteiger partial charge is 0.465 e. The molecule has 6 rings (SSSR count). The van der Waals surface area contributed by atoms with Crippen LogP contribution in [0.5, 0.6) is 0 Å². The molecular formula is C27H32F2N6O3. The molecule has 3 aromatic rings. The molecule has 202 valence electrons. The summed E-state index contributed by atoms with van der Waals surface area (Å²) in [5, 5.41) is 18.1. The number of benzene rings is 1. The summed E-state index contributed by atoms with van der Waals surface area (Å²) in [4.78, 5) is 18.9. The Kier molecular flexibility index (Phi) is 6.65. The van der Waals surface area contributed by atoms with Gasteiger partial charge in [0, 0.05) is 31.1 Å². The fourth-order valence-corrected chi connectivity index (χ4v) is 6.06. The minimum absolute atomic E-state index is 0.0301. The summed E-state index contributed by atoms with van der Waals surface area (Å²) in [6.45, 7) is 3.22. The van der Waals surface area contributed by atoms with Crippen LogP contribution in [-0.2, 0) is 11.2 Å². The monoisotopic (exact) mass is 526 g/mol. The van der Waals surface area contributed by atoms with Crippen molar-refractivity contribution in [1.29, 1.82) is 0 Å². The first-order valence-corrected chi connectivity index (χ1v) is 13.2. The first-order valence-electron chi connectivity index (χ1n) is 13.2. The van der Waals surface area contributed by atoms with Crippen LogP contribution in [0.4, 0.5) is 19.3 Å². The molecule has 0 spiro atoms. The van der Waals surface area contributed by atoms with Gasteiger partial charge in [-0.15, -0.1) is 0 Å². The molecule has 1 amide bonds. The van der Waals surface area contributed by atoms with Gasteiger partial charge in [-0.2, -0.15) is 5.10 Å². The number of anilines is 1. The quantitative estimate of drug-likeness (QED) is 0.488. The van der Waals surface area contributed by atoms with Crippen molar-refractivity contribution in [2.24, 2.45) is 0 Å². The summed E-state index contributed by atoms with van der Waals surface area (Å²) < 4.78 is 35.4. The molecule has 9 nitrogen and oxygen atoms in total. The SMILES string of the molecule is C[C@@H]1Cc2c(ccc3c2cnn3C2CCCCO2)[C@@H](c2ccc(NC3CN(C(=O)O)C3)cn2)N1CC(F)F. The number of pyridine rings is 1. The Bertz CT molecular complexity index is 1300. The predicted octanol–water partition coefficient (Wildman–Crippen LogP) is 4.51. The van der Waals surface area contributed by atoms with Gasteiger partial charge in [-0.1, -0.05) is 6.07 Å². The molecule has 3 aliphatic rings. The molecule has 38 heavy (non-hydrogen) atoms. The number of nitrogens with one attached hydrogen (secondary N) is 1. The van der Waals surface area contributed by atoms with E-state index in [9.17, 15) is 13.6 Å². The summed E-state index contributed by atoms with van der Waals surface area (Å²) in [5.74, 6) is 0. The van der Waals surface area contributed by atoms with Crippen molar-refractivity contribution >= 4 is 22.7 Å². The van der Waals surface area contributed by atoms with Gasteiger partial charge >= 0.3 is 6.09 Å². The maximum atomic E-state index is 13.7. The number of nitrogens with zero attached hydrogens (tertiary/aromatic N) is 5. The molecule has 2 N–H and O–H groups in total. The molecule has 5 heterocycles. The van der Waals surface area contributed by atoms with Crippen LogP contribution in [-0.4, -0.2) is 80.5 Å². The Morgan fingerprint density at radius 3 is 2.74 bits per heavy atom. The third-order valence-corrected chi connectivity index (χ3v) is 7.99. The first-order chi connectivity index (χ1) is 18.4. The van der Waals surface area contributed by atoms with Crippen LogP contribution < -0.4 is 5.32 Å². The summed E-state index contributed by atoms with van der Waals surface area (Å²) >= 11 is 0. The molecule has 11 heteroatoms. The number of rotatable bonds is 6. The van der Waals surface area contributed by atoms with Gasteiger partial charge in [-0.25, -0.2) is 18.3 Å². The highest BCUT2D eigenvalue weighted by molar-refractivity contribution is 5.84. The topological polar surface area (TPSA) is 95.8 Å². The van der Waals surface area contributed by atoms with Crippen LogP contribution in [0, 0.1) is 0 Å². The summed E-state index contributed by atoms with van der Waals surface area (Å²) in [5.41, 5.74) is 4.58. The summed E-state index contributed by atoms with van der Waals surface area (Å²) in [6, 6.07) is 7.34. The fourth-order valence-electron chi connectivity index (χ4n) is 6.06. The lowest BCUT2D eigenvalue weighted by Gasteiger charge is -2.42. The molecule has 2 saturated heterocycles. The Morgan fingerprint density at radius 1 is 1.21 bits per heavy atom. The Balaban J connectivity index is 1.32. The van der Waals surface area contributed by atoms with Gasteiger partial charge in [0.2, 0.25) is 0 Å². The van der Waals surface area contributed by atoms with Gasteiger partial charge in [0.25, 0.3) is 6.43 Å². The zero-order valence-corrected chi connectivity index (χ0v) is 21.3. The summed E-state index contributed by atoms with van der Waals surface area (Å²) in [7, 11) is 0. The lowest BCUT2D eigenvalue weighted by molar-refractivity contribution is -0.0366. The molecule has 0 aliphatic carbocycles. The Morgan fingerprint density at radius 2 is 2.05 bits per heavy atom. The van der Waals surface area contributed by atoms with Gasteiger partial charge in [-0.3, -0.25) is 9.88 Å². The van der Waals surface area contributed by atoms with E-state index < -0.39 is 18.6 Å². The maximum absolute atomic E-state index is 13.7. The zero-order valence-electron chi connectivity index (χ0n) is 21.3. The number of carbonyl (C=O) groups is 1. The minimum Gasteiger partial charge on any atom is -0.465 e. The van der Waals surface area contributed by atoms with Gasteiger partial charge in [0.15, 0.2) is 6.23 Å². The van der Waals surface area contributed by atoms with Crippen molar-refractivity contribution < 1.29 is 23.4 Å². The zero-order chi connectivity index (χ0) is 26.4. The number of halogens is 2. The van der Waals surface area contributed by atoms with E-state index in [2.05, 4.69) is 10.4 Å². The Hall–Kier alpha value is -3.31. The third kappa shape index (κ3) is 4.58. The van der Waals surface area contributed by atoms with Gasteiger partial charge < -0.3 is 20.1 Å². The second kappa shape index (κ2) is 10.1. The average Bonchev–Trinajstić information content (AvgIpc) is 3.32. The van der Waals surface area contributed by atoms with Crippen LogP contribution in [0.3, 0.4) is 0 Å². The van der Waals surface area contributed by atoms with E-state index in [0.29, 0.717) is 25.2 Å². The van der Waals surface area contributed by atoms with E-state index in [1.807, 2.05) is 47.0 Å². The molecule has 1 unspecified atom stereocenters.